The summed E-state index contributed by atoms with van der Waals surface area (Å²) in [5, 5.41) is 7.64. The largest absolute Gasteiger partial charge is 0.307 e. The molecular weight excluding hydrogens is 637 g/mol. The van der Waals surface area contributed by atoms with Gasteiger partial charge in [-0.25, -0.2) is 0 Å². The van der Waals surface area contributed by atoms with E-state index < -0.39 is 0 Å². The monoisotopic (exact) mass is 666 g/mol. The van der Waals surface area contributed by atoms with E-state index in [2.05, 4.69) is 191 Å². The van der Waals surface area contributed by atoms with Crippen LogP contribution in [-0.4, -0.2) is 9.13 Å². The van der Waals surface area contributed by atoms with Crippen LogP contribution in [0.1, 0.15) is 0 Å². The van der Waals surface area contributed by atoms with E-state index in [1.54, 1.807) is 0 Å². The molecule has 3 heteroatoms. The van der Waals surface area contributed by atoms with Gasteiger partial charge in [0, 0.05) is 53.1 Å². The summed E-state index contributed by atoms with van der Waals surface area (Å²) < 4.78 is 7.62. The minimum absolute atomic E-state index is 1.14. The molecule has 2 nitrogen and oxygen atoms in total. The molecule has 8 aromatic carbocycles. The number of para-hydroxylation sites is 3. The molecule has 0 bridgehead atoms. The third-order valence-electron chi connectivity index (χ3n) is 10.5. The van der Waals surface area contributed by atoms with Crippen LogP contribution in [0.25, 0.3) is 97.4 Å². The summed E-state index contributed by atoms with van der Waals surface area (Å²) in [4.78, 5) is 0. The van der Waals surface area contributed by atoms with Crippen LogP contribution < -0.4 is 0 Å². The van der Waals surface area contributed by atoms with Gasteiger partial charge in [-0.05, 0) is 82.9 Å². The number of fused-ring (bicyclic) bond motifs is 10. The van der Waals surface area contributed by atoms with Crippen LogP contribution in [0.2, 0.25) is 0 Å². The van der Waals surface area contributed by atoms with Gasteiger partial charge in [-0.2, -0.15) is 0 Å². The van der Waals surface area contributed by atoms with Crippen LogP contribution in [0.4, 0.5) is 0 Å². The lowest BCUT2D eigenvalue weighted by Crippen LogP contribution is -1.99. The normalized spacial score (nSPS) is 11.9. The lowest BCUT2D eigenvalue weighted by atomic mass is 9.95. The van der Waals surface area contributed by atoms with Crippen molar-refractivity contribution in [3.05, 3.63) is 182 Å². The van der Waals surface area contributed by atoms with E-state index >= 15 is 0 Å². The molecular formula is C48H30N2S. The molecule has 51 heavy (non-hydrogen) atoms. The van der Waals surface area contributed by atoms with Gasteiger partial charge in [0.25, 0.3) is 0 Å². The molecule has 0 saturated carbocycles. The lowest BCUT2D eigenvalue weighted by Gasteiger charge is -2.14. The maximum atomic E-state index is 2.49. The van der Waals surface area contributed by atoms with Crippen LogP contribution in [-0.2, 0) is 0 Å². The Morgan fingerprint density at radius 2 is 0.882 bits per heavy atom. The topological polar surface area (TPSA) is 9.86 Å². The van der Waals surface area contributed by atoms with Gasteiger partial charge < -0.3 is 9.13 Å². The number of hydrogen-bond acceptors (Lipinski definition) is 1. The molecule has 0 aliphatic heterocycles. The second-order valence-electron chi connectivity index (χ2n) is 13.3. The van der Waals surface area contributed by atoms with E-state index in [4.69, 9.17) is 0 Å². The van der Waals surface area contributed by atoms with Crippen LogP contribution in [0.3, 0.4) is 0 Å². The van der Waals surface area contributed by atoms with Crippen molar-refractivity contribution in [1.29, 1.82) is 0 Å². The zero-order valence-corrected chi connectivity index (χ0v) is 28.4. The van der Waals surface area contributed by atoms with Crippen molar-refractivity contribution in [1.82, 2.24) is 9.13 Å². The van der Waals surface area contributed by atoms with Crippen molar-refractivity contribution in [2.24, 2.45) is 0 Å². The van der Waals surface area contributed by atoms with Gasteiger partial charge in [0.15, 0.2) is 0 Å². The Hall–Kier alpha value is -6.42. The van der Waals surface area contributed by atoms with Crippen molar-refractivity contribution in [3.63, 3.8) is 0 Å². The minimum Gasteiger partial charge on any atom is -0.307 e. The molecule has 0 aliphatic carbocycles. The van der Waals surface area contributed by atoms with E-state index in [-0.39, 0.29) is 0 Å². The predicted molar refractivity (Wildman–Crippen MR) is 219 cm³/mol. The van der Waals surface area contributed by atoms with E-state index in [1.165, 1.54) is 86.0 Å². The van der Waals surface area contributed by atoms with Gasteiger partial charge in [-0.15, -0.1) is 11.3 Å². The summed E-state index contributed by atoms with van der Waals surface area (Å²) in [6.45, 7) is 0. The fourth-order valence-corrected chi connectivity index (χ4v) is 9.35. The van der Waals surface area contributed by atoms with E-state index in [1.807, 2.05) is 11.3 Å². The number of aromatic nitrogens is 2. The molecule has 11 rings (SSSR count). The first-order valence-corrected chi connectivity index (χ1v) is 18.3. The zero-order chi connectivity index (χ0) is 33.5. The Balaban J connectivity index is 1.31. The summed E-state index contributed by atoms with van der Waals surface area (Å²) in [5.41, 5.74) is 12.0. The maximum Gasteiger partial charge on any atom is 0.0795 e. The lowest BCUT2D eigenvalue weighted by molar-refractivity contribution is 1.15. The van der Waals surface area contributed by atoms with E-state index in [0.29, 0.717) is 0 Å². The van der Waals surface area contributed by atoms with Crippen molar-refractivity contribution in [2.45, 2.75) is 0 Å². The second-order valence-corrected chi connectivity index (χ2v) is 14.4. The molecule has 0 radical (unpaired) electrons. The average Bonchev–Trinajstić information content (AvgIpc) is 3.86. The smallest absolute Gasteiger partial charge is 0.0795 e. The van der Waals surface area contributed by atoms with Crippen LogP contribution in [0.5, 0.6) is 0 Å². The van der Waals surface area contributed by atoms with Crippen molar-refractivity contribution >= 4 is 75.1 Å². The van der Waals surface area contributed by atoms with Gasteiger partial charge in [0.05, 0.1) is 22.1 Å². The van der Waals surface area contributed by atoms with E-state index in [0.717, 1.165) is 11.4 Å². The Bertz CT molecular complexity index is 3110. The molecule has 0 unspecified atom stereocenters. The molecule has 11 aromatic rings. The predicted octanol–water partition coefficient (Wildman–Crippen LogP) is 13.6. The van der Waals surface area contributed by atoms with Gasteiger partial charge in [0.2, 0.25) is 0 Å². The number of thiophene rings is 1. The summed E-state index contributed by atoms with van der Waals surface area (Å²) in [6, 6.07) is 66.7. The molecule has 0 saturated heterocycles. The maximum absolute atomic E-state index is 2.49. The quantitative estimate of drug-likeness (QED) is 0.177. The molecule has 3 heterocycles. The summed E-state index contributed by atoms with van der Waals surface area (Å²) >= 11 is 1.87. The van der Waals surface area contributed by atoms with Gasteiger partial charge in [-0.3, -0.25) is 0 Å². The molecule has 0 fully saturated rings. The first-order chi connectivity index (χ1) is 25.3. The van der Waals surface area contributed by atoms with Crippen LogP contribution >= 0.6 is 11.3 Å². The van der Waals surface area contributed by atoms with Gasteiger partial charge >= 0.3 is 0 Å². The van der Waals surface area contributed by atoms with Crippen molar-refractivity contribution in [3.8, 4) is 33.6 Å². The molecule has 0 amide bonds. The van der Waals surface area contributed by atoms with Crippen molar-refractivity contribution < 1.29 is 0 Å². The van der Waals surface area contributed by atoms with E-state index in [9.17, 15) is 0 Å². The molecule has 0 N–H and O–H groups in total. The molecule has 238 valence electrons. The summed E-state index contributed by atoms with van der Waals surface area (Å²) in [5.74, 6) is 0. The van der Waals surface area contributed by atoms with Crippen molar-refractivity contribution in [2.75, 3.05) is 0 Å². The molecule has 0 aliphatic rings. The van der Waals surface area contributed by atoms with Gasteiger partial charge in [0.1, 0.15) is 0 Å². The Morgan fingerprint density at radius 1 is 0.333 bits per heavy atom. The number of hydrogen-bond donors (Lipinski definition) is 0. The second kappa shape index (κ2) is 11.0. The highest BCUT2D eigenvalue weighted by atomic mass is 32.1. The highest BCUT2D eigenvalue weighted by molar-refractivity contribution is 7.25. The standard InChI is InChI=1S/C48H30N2S/c1-3-13-31(14-4-1)32-23-26-35(27-24-32)49-42-20-10-7-17-36(42)41-30-39(33-25-28-45-40(29-33)37-18-9-12-22-44(37)51-45)46-38-19-8-11-21-43(38)50(48(46)47(41)49)34-15-5-2-6-16-34/h1-30H. The molecule has 0 atom stereocenters. The third-order valence-corrected chi connectivity index (χ3v) is 11.7. The fraction of sp³-hybridized carbons (Fsp3) is 0. The number of nitrogens with zero attached hydrogens (tertiary/aromatic N) is 2. The molecule has 0 spiro atoms. The first kappa shape index (κ1) is 28.4. The number of rotatable bonds is 4. The van der Waals surface area contributed by atoms with Crippen LogP contribution in [0, 0.1) is 0 Å². The Kier molecular flexibility index (Phi) is 6.16. The Morgan fingerprint density at radius 3 is 1.67 bits per heavy atom. The third kappa shape index (κ3) is 4.22. The summed E-state index contributed by atoms with van der Waals surface area (Å²) in [6.07, 6.45) is 0. The zero-order valence-electron chi connectivity index (χ0n) is 27.6. The highest BCUT2D eigenvalue weighted by Gasteiger charge is 2.24. The fourth-order valence-electron chi connectivity index (χ4n) is 8.27. The minimum atomic E-state index is 1.14. The van der Waals surface area contributed by atoms with Gasteiger partial charge in [-0.1, -0.05) is 121 Å². The first-order valence-electron chi connectivity index (χ1n) is 17.4. The highest BCUT2D eigenvalue weighted by Crippen LogP contribution is 2.47. The average molecular weight is 667 g/mol. The SMILES string of the molecule is c1ccc(-c2ccc(-n3c4ccccc4c4cc(-c5ccc6sc7ccccc7c6c5)c5c6ccccc6n(-c6ccccc6)c5c43)cc2)cc1. The Labute approximate surface area is 298 Å². The van der Waals surface area contributed by atoms with Crippen LogP contribution in [0.15, 0.2) is 182 Å². The number of benzene rings is 8. The summed E-state index contributed by atoms with van der Waals surface area (Å²) in [7, 11) is 0. The molecule has 3 aromatic heterocycles.